The molecule has 6 nitrogen and oxygen atoms in total. The molecule has 2 fully saturated rings. The summed E-state index contributed by atoms with van der Waals surface area (Å²) in [6.45, 7) is 1.40. The van der Waals surface area contributed by atoms with Gasteiger partial charge in [0.1, 0.15) is 6.04 Å². The molecule has 1 aromatic heterocycles. The summed E-state index contributed by atoms with van der Waals surface area (Å²) in [6.07, 6.45) is 2.35. The Kier molecular flexibility index (Phi) is 7.00. The molecule has 1 amide bonds. The van der Waals surface area contributed by atoms with Gasteiger partial charge in [0.25, 0.3) is 0 Å². The van der Waals surface area contributed by atoms with E-state index in [9.17, 15) is 14.7 Å². The normalized spacial score (nSPS) is 20.9. The van der Waals surface area contributed by atoms with Crippen molar-refractivity contribution in [2.45, 2.75) is 37.8 Å². The zero-order chi connectivity index (χ0) is 24.5. The zero-order valence-electron chi connectivity index (χ0n) is 18.9. The molecule has 2 atom stereocenters. The van der Waals surface area contributed by atoms with Crippen molar-refractivity contribution in [3.05, 3.63) is 69.5 Å². The van der Waals surface area contributed by atoms with Crippen molar-refractivity contribution < 1.29 is 14.7 Å². The van der Waals surface area contributed by atoms with Crippen LogP contribution in [0.15, 0.2) is 53.9 Å². The predicted molar refractivity (Wildman–Crippen MR) is 139 cm³/mol. The van der Waals surface area contributed by atoms with E-state index in [0.717, 1.165) is 22.0 Å². The number of hydrogen-bond acceptors (Lipinski definition) is 5. The summed E-state index contributed by atoms with van der Waals surface area (Å²) in [4.78, 5) is 34.2. The molecule has 9 heteroatoms. The van der Waals surface area contributed by atoms with Gasteiger partial charge >= 0.3 is 5.97 Å². The second-order valence-electron chi connectivity index (χ2n) is 9.00. The number of rotatable bonds is 5. The van der Waals surface area contributed by atoms with Gasteiger partial charge in [-0.25, -0.2) is 9.78 Å². The molecule has 1 N–H and O–H groups in total. The molecule has 0 unspecified atom stereocenters. The molecule has 2 saturated heterocycles. The minimum absolute atomic E-state index is 0.0829. The van der Waals surface area contributed by atoms with Crippen LogP contribution < -0.4 is 4.90 Å². The van der Waals surface area contributed by atoms with E-state index in [1.54, 1.807) is 22.3 Å². The van der Waals surface area contributed by atoms with Crippen LogP contribution in [0, 0.1) is 5.92 Å². The Bertz CT molecular complexity index is 1220. The van der Waals surface area contributed by atoms with E-state index in [4.69, 9.17) is 28.2 Å². The molecule has 0 aliphatic carbocycles. The summed E-state index contributed by atoms with van der Waals surface area (Å²) in [7, 11) is 0. The summed E-state index contributed by atoms with van der Waals surface area (Å²) in [5.41, 5.74) is 2.74. The monoisotopic (exact) mass is 529 g/mol. The Hall–Kier alpha value is -2.61. The lowest BCUT2D eigenvalue weighted by Crippen LogP contribution is -2.47. The Morgan fingerprint density at radius 2 is 1.69 bits per heavy atom. The number of thiazole rings is 1. The number of aromatic nitrogens is 1. The van der Waals surface area contributed by atoms with Crippen LogP contribution in [-0.2, 0) is 9.59 Å². The first-order valence-electron chi connectivity index (χ1n) is 11.7. The third-order valence-electron chi connectivity index (χ3n) is 6.94. The molecule has 2 aliphatic heterocycles. The number of halogens is 2. The summed E-state index contributed by atoms with van der Waals surface area (Å²) in [6, 6.07) is 13.9. The van der Waals surface area contributed by atoms with Crippen LogP contribution in [0.2, 0.25) is 10.0 Å². The van der Waals surface area contributed by atoms with Crippen molar-refractivity contribution in [3.63, 3.8) is 0 Å². The van der Waals surface area contributed by atoms with Gasteiger partial charge in [0.05, 0.1) is 11.7 Å². The minimum atomic E-state index is -0.956. The van der Waals surface area contributed by atoms with E-state index in [-0.39, 0.29) is 17.9 Å². The van der Waals surface area contributed by atoms with Crippen molar-refractivity contribution in [1.82, 2.24) is 9.88 Å². The topological polar surface area (TPSA) is 73.7 Å². The molecule has 2 aromatic carbocycles. The lowest BCUT2D eigenvalue weighted by atomic mass is 9.94. The molecule has 35 heavy (non-hydrogen) atoms. The Morgan fingerprint density at radius 1 is 0.971 bits per heavy atom. The van der Waals surface area contributed by atoms with Crippen LogP contribution in [0.25, 0.3) is 11.3 Å². The van der Waals surface area contributed by atoms with Crippen molar-refractivity contribution in [2.75, 3.05) is 18.0 Å². The molecule has 0 saturated carbocycles. The highest BCUT2D eigenvalue weighted by Crippen LogP contribution is 2.41. The van der Waals surface area contributed by atoms with Crippen molar-refractivity contribution >= 4 is 51.5 Å². The molecule has 0 bridgehead atoms. The van der Waals surface area contributed by atoms with Gasteiger partial charge in [-0.05, 0) is 49.4 Å². The summed E-state index contributed by atoms with van der Waals surface area (Å²) >= 11 is 14.0. The van der Waals surface area contributed by atoms with Crippen LogP contribution in [-0.4, -0.2) is 46.0 Å². The summed E-state index contributed by atoms with van der Waals surface area (Å²) in [5, 5.41) is 14.0. The van der Waals surface area contributed by atoms with Crippen LogP contribution in [0.3, 0.4) is 0 Å². The number of carboxylic acids is 1. The largest absolute Gasteiger partial charge is 0.480 e. The molecule has 3 aromatic rings. The van der Waals surface area contributed by atoms with Gasteiger partial charge in [0.15, 0.2) is 5.13 Å². The van der Waals surface area contributed by atoms with Crippen LogP contribution in [0.1, 0.15) is 37.3 Å². The van der Waals surface area contributed by atoms with E-state index in [2.05, 4.69) is 4.90 Å². The first-order chi connectivity index (χ1) is 16.9. The van der Waals surface area contributed by atoms with Crippen LogP contribution in [0.4, 0.5) is 5.13 Å². The minimum Gasteiger partial charge on any atom is -0.480 e. The van der Waals surface area contributed by atoms with E-state index in [1.165, 1.54) is 0 Å². The van der Waals surface area contributed by atoms with Crippen molar-refractivity contribution in [3.8, 4) is 11.3 Å². The fourth-order valence-corrected chi connectivity index (χ4v) is 6.38. The Morgan fingerprint density at radius 3 is 2.37 bits per heavy atom. The fraction of sp³-hybridized carbons (Fsp3) is 0.346. The first kappa shape index (κ1) is 24.1. The van der Waals surface area contributed by atoms with Crippen LogP contribution >= 0.6 is 34.5 Å². The number of piperidine rings is 1. The molecule has 5 rings (SSSR count). The second kappa shape index (κ2) is 10.2. The molecule has 2 aliphatic rings. The van der Waals surface area contributed by atoms with Gasteiger partial charge in [-0.2, -0.15) is 0 Å². The second-order valence-corrected chi connectivity index (χ2v) is 10.7. The standard InChI is InChI=1S/C26H25Cl2N3O3S/c27-18-7-5-16(6-8-18)21-15-35-26(29-21)30-13-11-17(12-14-30)24(32)31-22(9-10-23(31)25(33)34)19-3-1-2-4-20(19)28/h1-8,15,17,22-23H,9-14H2,(H,33,34)/t22-,23+/m1/s1. The lowest BCUT2D eigenvalue weighted by molar-refractivity contribution is -0.152. The molecular weight excluding hydrogens is 505 g/mol. The molecule has 0 spiro atoms. The van der Waals surface area contributed by atoms with E-state index >= 15 is 0 Å². The van der Waals surface area contributed by atoms with Gasteiger partial charge < -0.3 is 14.9 Å². The SMILES string of the molecule is O=C(O)[C@@H]1CC[C@H](c2ccccc2Cl)N1C(=O)C1CCN(c2nc(-c3ccc(Cl)cc3)cs2)CC1. The van der Waals surface area contributed by atoms with Crippen LogP contribution in [0.5, 0.6) is 0 Å². The number of hydrogen-bond donors (Lipinski definition) is 1. The quantitative estimate of drug-likeness (QED) is 0.429. The van der Waals surface area contributed by atoms with Gasteiger partial charge in [-0.3, -0.25) is 4.79 Å². The van der Waals surface area contributed by atoms with E-state index < -0.39 is 12.0 Å². The highest BCUT2D eigenvalue weighted by molar-refractivity contribution is 7.14. The van der Waals surface area contributed by atoms with Crippen molar-refractivity contribution in [2.24, 2.45) is 5.92 Å². The predicted octanol–water partition coefficient (Wildman–Crippen LogP) is 6.15. The average Bonchev–Trinajstić information content (AvgIpc) is 3.53. The highest BCUT2D eigenvalue weighted by atomic mass is 35.5. The van der Waals surface area contributed by atoms with Gasteiger partial charge in [-0.15, -0.1) is 11.3 Å². The number of aliphatic carboxylic acids is 1. The maximum absolute atomic E-state index is 13.6. The number of carbonyl (C=O) groups is 2. The molecular formula is C26H25Cl2N3O3S. The highest BCUT2D eigenvalue weighted by Gasteiger charge is 2.44. The molecule has 3 heterocycles. The zero-order valence-corrected chi connectivity index (χ0v) is 21.3. The maximum Gasteiger partial charge on any atom is 0.326 e. The Balaban J connectivity index is 1.28. The van der Waals surface area contributed by atoms with Gasteiger partial charge in [0, 0.05) is 40.0 Å². The number of anilines is 1. The number of likely N-dealkylation sites (tertiary alicyclic amines) is 1. The summed E-state index contributed by atoms with van der Waals surface area (Å²) in [5.74, 6) is -1.25. The molecule has 182 valence electrons. The van der Waals surface area contributed by atoms with E-state index in [1.807, 2.05) is 47.8 Å². The lowest BCUT2D eigenvalue weighted by Gasteiger charge is -2.36. The Labute approximate surface area is 218 Å². The third-order valence-corrected chi connectivity index (χ3v) is 8.43. The number of amides is 1. The fourth-order valence-electron chi connectivity index (χ4n) is 5.10. The first-order valence-corrected chi connectivity index (χ1v) is 13.3. The third kappa shape index (κ3) is 4.90. The van der Waals surface area contributed by atoms with Gasteiger partial charge in [0.2, 0.25) is 5.91 Å². The van der Waals surface area contributed by atoms with Crippen molar-refractivity contribution in [1.29, 1.82) is 0 Å². The number of nitrogens with zero attached hydrogens (tertiary/aromatic N) is 3. The number of benzene rings is 2. The smallest absolute Gasteiger partial charge is 0.326 e. The number of carboxylic acid groups (broad SMARTS) is 1. The average molecular weight is 530 g/mol. The molecule has 0 radical (unpaired) electrons. The maximum atomic E-state index is 13.6. The summed E-state index contributed by atoms with van der Waals surface area (Å²) < 4.78 is 0. The number of carbonyl (C=O) groups excluding carboxylic acids is 1. The van der Waals surface area contributed by atoms with E-state index in [0.29, 0.717) is 48.8 Å². The van der Waals surface area contributed by atoms with Gasteiger partial charge in [-0.1, -0.05) is 53.5 Å².